The highest BCUT2D eigenvalue weighted by atomic mass is 16.5. The molecule has 5 atom stereocenters. The standard InChI is InChI=1S/C15H23NO4/c1-8-3-9(2)15(19)11(4-8)12-5-10(6-13(16)17)7-14(18)20-12/h8-12H,3-7H2,1-2H3,(H2,16,17)/t8-,9+,10+,11-,12-/m0/s1. The number of nitrogens with two attached hydrogens (primary N) is 1. The van der Waals surface area contributed by atoms with Gasteiger partial charge in [-0.25, -0.2) is 0 Å². The molecule has 20 heavy (non-hydrogen) atoms. The van der Waals surface area contributed by atoms with Crippen LogP contribution in [-0.4, -0.2) is 23.8 Å². The molecule has 1 aliphatic carbocycles. The first-order chi connectivity index (χ1) is 9.36. The number of carbonyl (C=O) groups is 3. The lowest BCUT2D eigenvalue weighted by Gasteiger charge is -2.38. The number of rotatable bonds is 3. The summed E-state index contributed by atoms with van der Waals surface area (Å²) in [6, 6.07) is 0. The van der Waals surface area contributed by atoms with Crippen molar-refractivity contribution in [2.45, 2.75) is 52.1 Å². The molecule has 0 radical (unpaired) electrons. The molecular formula is C15H23NO4. The molecule has 2 aliphatic rings. The van der Waals surface area contributed by atoms with Crippen molar-refractivity contribution in [2.24, 2.45) is 29.4 Å². The molecular weight excluding hydrogens is 258 g/mol. The van der Waals surface area contributed by atoms with E-state index in [9.17, 15) is 14.4 Å². The molecule has 2 rings (SSSR count). The second-order valence-corrected chi connectivity index (χ2v) is 6.49. The number of ether oxygens (including phenoxy) is 1. The van der Waals surface area contributed by atoms with Gasteiger partial charge in [-0.05, 0) is 31.1 Å². The average molecular weight is 281 g/mol. The van der Waals surface area contributed by atoms with E-state index in [2.05, 4.69) is 6.92 Å². The van der Waals surface area contributed by atoms with Gasteiger partial charge in [0, 0.05) is 18.8 Å². The third kappa shape index (κ3) is 3.38. The van der Waals surface area contributed by atoms with Crippen LogP contribution in [0.1, 0.15) is 46.0 Å². The maximum absolute atomic E-state index is 12.3. The number of carbonyl (C=O) groups excluding carboxylic acids is 3. The van der Waals surface area contributed by atoms with E-state index in [1.54, 1.807) is 0 Å². The first kappa shape index (κ1) is 15.0. The third-order valence-corrected chi connectivity index (χ3v) is 4.51. The smallest absolute Gasteiger partial charge is 0.306 e. The Morgan fingerprint density at radius 2 is 1.95 bits per heavy atom. The van der Waals surface area contributed by atoms with Crippen LogP contribution in [0.2, 0.25) is 0 Å². The number of esters is 1. The monoisotopic (exact) mass is 281 g/mol. The van der Waals surface area contributed by atoms with Crippen molar-refractivity contribution < 1.29 is 19.1 Å². The highest BCUT2D eigenvalue weighted by Crippen LogP contribution is 2.37. The topological polar surface area (TPSA) is 86.5 Å². The third-order valence-electron chi connectivity index (χ3n) is 4.51. The highest BCUT2D eigenvalue weighted by molar-refractivity contribution is 5.85. The fourth-order valence-electron chi connectivity index (χ4n) is 3.67. The number of cyclic esters (lactones) is 1. The number of hydrogen-bond donors (Lipinski definition) is 1. The van der Waals surface area contributed by atoms with E-state index >= 15 is 0 Å². The van der Waals surface area contributed by atoms with Gasteiger partial charge in [0.2, 0.25) is 5.91 Å². The van der Waals surface area contributed by atoms with Crippen LogP contribution < -0.4 is 5.73 Å². The summed E-state index contributed by atoms with van der Waals surface area (Å²) in [5, 5.41) is 0. The lowest BCUT2D eigenvalue weighted by molar-refractivity contribution is -0.164. The second-order valence-electron chi connectivity index (χ2n) is 6.49. The molecule has 5 heteroatoms. The van der Waals surface area contributed by atoms with Crippen LogP contribution in [0.3, 0.4) is 0 Å². The normalized spacial score (nSPS) is 38.4. The summed E-state index contributed by atoms with van der Waals surface area (Å²) in [4.78, 5) is 35.0. The van der Waals surface area contributed by atoms with Crippen LogP contribution in [0.4, 0.5) is 0 Å². The van der Waals surface area contributed by atoms with Crippen LogP contribution in [0.15, 0.2) is 0 Å². The predicted octanol–water partition coefficient (Wildman–Crippen LogP) is 1.43. The van der Waals surface area contributed by atoms with E-state index in [4.69, 9.17) is 10.5 Å². The molecule has 1 heterocycles. The zero-order valence-electron chi connectivity index (χ0n) is 12.1. The summed E-state index contributed by atoms with van der Waals surface area (Å²) in [5.41, 5.74) is 5.21. The number of Topliss-reactive ketones (excluding diaryl/α,β-unsaturated/α-hetero) is 1. The number of amides is 1. The Bertz CT molecular complexity index is 418. The average Bonchev–Trinajstić information content (AvgIpc) is 2.32. The van der Waals surface area contributed by atoms with E-state index in [1.807, 2.05) is 6.92 Å². The van der Waals surface area contributed by atoms with Crippen LogP contribution in [-0.2, 0) is 19.1 Å². The molecule has 0 unspecified atom stereocenters. The first-order valence-electron chi connectivity index (χ1n) is 7.38. The van der Waals surface area contributed by atoms with Crippen LogP contribution >= 0.6 is 0 Å². The van der Waals surface area contributed by atoms with Gasteiger partial charge in [0.1, 0.15) is 11.9 Å². The van der Waals surface area contributed by atoms with Gasteiger partial charge < -0.3 is 10.5 Å². The Hall–Kier alpha value is -1.39. The highest BCUT2D eigenvalue weighted by Gasteiger charge is 2.42. The van der Waals surface area contributed by atoms with Crippen LogP contribution in [0, 0.1) is 23.7 Å². The minimum atomic E-state index is -0.403. The molecule has 1 aliphatic heterocycles. The predicted molar refractivity (Wildman–Crippen MR) is 72.5 cm³/mol. The molecule has 1 amide bonds. The Labute approximate surface area is 119 Å². The molecule has 0 spiro atoms. The van der Waals surface area contributed by atoms with E-state index in [1.165, 1.54) is 0 Å². The van der Waals surface area contributed by atoms with Gasteiger partial charge in [0.15, 0.2) is 0 Å². The summed E-state index contributed by atoms with van der Waals surface area (Å²) in [6.07, 6.45) is 2.29. The van der Waals surface area contributed by atoms with E-state index < -0.39 is 5.91 Å². The summed E-state index contributed by atoms with van der Waals surface area (Å²) >= 11 is 0. The van der Waals surface area contributed by atoms with Gasteiger partial charge in [-0.3, -0.25) is 14.4 Å². The number of primary amides is 1. The van der Waals surface area contributed by atoms with E-state index in [0.29, 0.717) is 12.3 Å². The lowest BCUT2D eigenvalue weighted by Crippen LogP contribution is -2.44. The van der Waals surface area contributed by atoms with Gasteiger partial charge >= 0.3 is 5.97 Å². The zero-order chi connectivity index (χ0) is 14.9. The van der Waals surface area contributed by atoms with Crippen LogP contribution in [0.5, 0.6) is 0 Å². The van der Waals surface area contributed by atoms with Crippen molar-refractivity contribution in [2.75, 3.05) is 0 Å². The Morgan fingerprint density at radius 3 is 2.60 bits per heavy atom. The number of hydrogen-bond acceptors (Lipinski definition) is 4. The first-order valence-corrected chi connectivity index (χ1v) is 7.38. The molecule has 0 aromatic carbocycles. The molecule has 112 valence electrons. The van der Waals surface area contributed by atoms with Crippen molar-refractivity contribution >= 4 is 17.7 Å². The van der Waals surface area contributed by atoms with Crippen molar-refractivity contribution in [3.8, 4) is 0 Å². The fraction of sp³-hybridized carbons (Fsp3) is 0.800. The van der Waals surface area contributed by atoms with Gasteiger partial charge in [0.05, 0.1) is 5.92 Å². The molecule has 5 nitrogen and oxygen atoms in total. The van der Waals surface area contributed by atoms with Crippen molar-refractivity contribution in [1.29, 1.82) is 0 Å². The van der Waals surface area contributed by atoms with Crippen molar-refractivity contribution in [3.63, 3.8) is 0 Å². The van der Waals surface area contributed by atoms with Gasteiger partial charge in [-0.2, -0.15) is 0 Å². The SMILES string of the molecule is C[C@H]1C[C@@H](C)C(=O)[C@H]([C@@H]2C[C@H](CC(N)=O)CC(=O)O2)C1. The summed E-state index contributed by atoms with van der Waals surface area (Å²) in [7, 11) is 0. The van der Waals surface area contributed by atoms with E-state index in [0.717, 1.165) is 12.8 Å². The van der Waals surface area contributed by atoms with Gasteiger partial charge in [0.25, 0.3) is 0 Å². The number of ketones is 1. The van der Waals surface area contributed by atoms with Crippen molar-refractivity contribution in [1.82, 2.24) is 0 Å². The van der Waals surface area contributed by atoms with Crippen LogP contribution in [0.25, 0.3) is 0 Å². The quantitative estimate of drug-likeness (QED) is 0.793. The summed E-state index contributed by atoms with van der Waals surface area (Å²) in [6.45, 7) is 4.07. The molecule has 0 aromatic heterocycles. The fourth-order valence-corrected chi connectivity index (χ4v) is 3.67. The molecule has 2 N–H and O–H groups in total. The summed E-state index contributed by atoms with van der Waals surface area (Å²) < 4.78 is 5.39. The second kappa shape index (κ2) is 5.94. The van der Waals surface area contributed by atoms with Gasteiger partial charge in [-0.15, -0.1) is 0 Å². The largest absolute Gasteiger partial charge is 0.462 e. The molecule has 1 saturated carbocycles. The Morgan fingerprint density at radius 1 is 1.25 bits per heavy atom. The van der Waals surface area contributed by atoms with Gasteiger partial charge in [-0.1, -0.05) is 13.8 Å². The summed E-state index contributed by atoms with van der Waals surface area (Å²) in [5.74, 6) is -0.332. The molecule has 2 fully saturated rings. The maximum atomic E-state index is 12.3. The Balaban J connectivity index is 2.08. The lowest BCUT2D eigenvalue weighted by atomic mass is 9.71. The Kier molecular flexibility index (Phi) is 4.45. The molecule has 0 bridgehead atoms. The maximum Gasteiger partial charge on any atom is 0.306 e. The minimum Gasteiger partial charge on any atom is -0.462 e. The zero-order valence-corrected chi connectivity index (χ0v) is 12.1. The minimum absolute atomic E-state index is 0.0268. The van der Waals surface area contributed by atoms with Crippen molar-refractivity contribution in [3.05, 3.63) is 0 Å². The molecule has 1 saturated heterocycles. The van der Waals surface area contributed by atoms with E-state index in [-0.39, 0.29) is 48.5 Å². The molecule has 0 aromatic rings.